The summed E-state index contributed by atoms with van der Waals surface area (Å²) in [6.07, 6.45) is 0.326. The van der Waals surface area contributed by atoms with Gasteiger partial charge < -0.3 is 25.4 Å². The molecule has 1 heterocycles. The summed E-state index contributed by atoms with van der Waals surface area (Å²) in [4.78, 5) is 38.9. The molecule has 3 amide bonds. The fourth-order valence-corrected chi connectivity index (χ4v) is 3.78. The van der Waals surface area contributed by atoms with E-state index in [1.54, 1.807) is 24.0 Å². The van der Waals surface area contributed by atoms with Crippen LogP contribution in [0.25, 0.3) is 0 Å². The Hall–Kier alpha value is -3.17. The second-order valence-corrected chi connectivity index (χ2v) is 8.58. The monoisotopic (exact) mass is 491 g/mol. The second-order valence-electron chi connectivity index (χ2n) is 8.14. The van der Waals surface area contributed by atoms with Gasteiger partial charge in [0.15, 0.2) is 12.4 Å². The maximum atomic E-state index is 13.1. The van der Waals surface area contributed by atoms with Crippen LogP contribution in [-0.4, -0.2) is 60.1 Å². The van der Waals surface area contributed by atoms with E-state index in [0.717, 1.165) is 0 Å². The molecule has 34 heavy (non-hydrogen) atoms. The van der Waals surface area contributed by atoms with Gasteiger partial charge in [0.25, 0.3) is 5.91 Å². The van der Waals surface area contributed by atoms with E-state index < -0.39 is 18.0 Å². The van der Waals surface area contributed by atoms with Gasteiger partial charge in [0.1, 0.15) is 11.6 Å². The normalized spacial score (nSPS) is 14.9. The van der Waals surface area contributed by atoms with Crippen LogP contribution in [0.5, 0.6) is 5.75 Å². The molecule has 8 nitrogen and oxygen atoms in total. The molecule has 3 N–H and O–H groups in total. The third-order valence-corrected chi connectivity index (χ3v) is 5.68. The Labute approximate surface area is 202 Å². The number of piperidine rings is 1. The van der Waals surface area contributed by atoms with Gasteiger partial charge in [-0.3, -0.25) is 9.59 Å². The summed E-state index contributed by atoms with van der Waals surface area (Å²) < 4.78 is 18.7. The number of hydrogen-bond acceptors (Lipinski definition) is 5. The van der Waals surface area contributed by atoms with E-state index in [1.807, 2.05) is 0 Å². The number of carbonyl (C=O) groups excluding carboxylic acids is 3. The highest BCUT2D eigenvalue weighted by Gasteiger charge is 2.28. The van der Waals surface area contributed by atoms with E-state index in [2.05, 4.69) is 10.6 Å². The molecule has 1 unspecified atom stereocenters. The number of Topliss-reactive ketones (excluding diaryl/α,β-unsaturated/α-hetero) is 1. The quantitative estimate of drug-likeness (QED) is 0.490. The number of rotatable bonds is 8. The number of nitrogens with one attached hydrogen (secondary N) is 2. The topological polar surface area (TPSA) is 108 Å². The van der Waals surface area contributed by atoms with Gasteiger partial charge in [-0.1, -0.05) is 11.6 Å². The molecule has 1 aliphatic rings. The van der Waals surface area contributed by atoms with E-state index >= 15 is 0 Å². The van der Waals surface area contributed by atoms with Crippen LogP contribution >= 0.6 is 11.6 Å². The number of urea groups is 1. The van der Waals surface area contributed by atoms with Gasteiger partial charge >= 0.3 is 6.03 Å². The van der Waals surface area contributed by atoms with Crippen molar-refractivity contribution in [2.75, 3.05) is 31.6 Å². The van der Waals surface area contributed by atoms with Crippen LogP contribution in [0, 0.1) is 11.7 Å². The molecular formula is C24H27ClFN3O5. The average Bonchev–Trinajstić information content (AvgIpc) is 2.82. The Morgan fingerprint density at radius 1 is 1.18 bits per heavy atom. The van der Waals surface area contributed by atoms with E-state index in [-0.39, 0.29) is 42.2 Å². The zero-order valence-electron chi connectivity index (χ0n) is 18.7. The van der Waals surface area contributed by atoms with Crippen LogP contribution in [0.3, 0.4) is 0 Å². The van der Waals surface area contributed by atoms with Crippen LogP contribution in [0.15, 0.2) is 42.5 Å². The number of benzene rings is 2. The predicted molar refractivity (Wildman–Crippen MR) is 126 cm³/mol. The summed E-state index contributed by atoms with van der Waals surface area (Å²) in [6, 6.07) is 9.56. The van der Waals surface area contributed by atoms with E-state index in [1.165, 1.54) is 30.3 Å². The SMILES string of the molecule is CC(O)CNC(=O)Nc1cc(Cl)ccc1OCC(=O)N1CCC(C(=O)c2ccc(F)cc2)CC1. The fraction of sp³-hybridized carbons (Fsp3) is 0.375. The summed E-state index contributed by atoms with van der Waals surface area (Å²) in [5.41, 5.74) is 0.752. The van der Waals surface area contributed by atoms with Gasteiger partial charge in [-0.15, -0.1) is 0 Å². The molecule has 0 bridgehead atoms. The maximum absolute atomic E-state index is 13.1. The highest BCUT2D eigenvalue weighted by Crippen LogP contribution is 2.28. The molecule has 0 radical (unpaired) electrons. The van der Waals surface area contributed by atoms with Crippen molar-refractivity contribution < 1.29 is 28.6 Å². The molecule has 1 atom stereocenters. The van der Waals surface area contributed by atoms with E-state index in [0.29, 0.717) is 36.5 Å². The number of nitrogens with zero attached hydrogens (tertiary/aromatic N) is 1. The zero-order chi connectivity index (χ0) is 24.7. The number of anilines is 1. The standard InChI is InChI=1S/C24H27ClFN3O5/c1-15(30)13-27-24(33)28-20-12-18(25)4-7-21(20)34-14-22(31)29-10-8-17(9-11-29)23(32)16-2-5-19(26)6-3-16/h2-7,12,15,17,30H,8-11,13-14H2,1H3,(H2,27,28,33). The first-order valence-corrected chi connectivity index (χ1v) is 11.3. The van der Waals surface area contributed by atoms with Crippen LogP contribution in [0.1, 0.15) is 30.1 Å². The van der Waals surface area contributed by atoms with Crippen LogP contribution in [0.4, 0.5) is 14.9 Å². The van der Waals surface area contributed by atoms with Crippen molar-refractivity contribution in [1.29, 1.82) is 0 Å². The number of ether oxygens (including phenoxy) is 1. The number of carbonyl (C=O) groups is 3. The number of amides is 3. The molecule has 1 saturated heterocycles. The van der Waals surface area contributed by atoms with Crippen LogP contribution in [0.2, 0.25) is 5.02 Å². The Bertz CT molecular complexity index is 1020. The first-order chi connectivity index (χ1) is 16.2. The third kappa shape index (κ3) is 7.16. The summed E-state index contributed by atoms with van der Waals surface area (Å²) in [5, 5.41) is 14.8. The number of aliphatic hydroxyl groups excluding tert-OH is 1. The molecule has 0 aromatic heterocycles. The van der Waals surface area contributed by atoms with Crippen molar-refractivity contribution in [2.45, 2.75) is 25.9 Å². The van der Waals surface area contributed by atoms with Gasteiger partial charge in [-0.05, 0) is 62.2 Å². The van der Waals surface area contributed by atoms with Gasteiger partial charge in [0, 0.05) is 36.1 Å². The zero-order valence-corrected chi connectivity index (χ0v) is 19.5. The molecule has 10 heteroatoms. The summed E-state index contributed by atoms with van der Waals surface area (Å²) in [6.45, 7) is 2.19. The Balaban J connectivity index is 1.52. The molecular weight excluding hydrogens is 465 g/mol. The lowest BCUT2D eigenvalue weighted by Gasteiger charge is -2.31. The van der Waals surface area contributed by atoms with Crippen molar-refractivity contribution >= 4 is 35.0 Å². The maximum Gasteiger partial charge on any atom is 0.319 e. The fourth-order valence-electron chi connectivity index (χ4n) is 3.60. The largest absolute Gasteiger partial charge is 0.482 e. The Morgan fingerprint density at radius 3 is 2.50 bits per heavy atom. The highest BCUT2D eigenvalue weighted by atomic mass is 35.5. The van der Waals surface area contributed by atoms with Crippen molar-refractivity contribution in [3.63, 3.8) is 0 Å². The first-order valence-electron chi connectivity index (χ1n) is 11.0. The number of halogens is 2. The molecule has 182 valence electrons. The van der Waals surface area contributed by atoms with Crippen molar-refractivity contribution in [3.8, 4) is 5.75 Å². The smallest absolute Gasteiger partial charge is 0.319 e. The predicted octanol–water partition coefficient (Wildman–Crippen LogP) is 3.48. The average molecular weight is 492 g/mol. The minimum atomic E-state index is -0.700. The lowest BCUT2D eigenvalue weighted by molar-refractivity contribution is -0.134. The molecule has 3 rings (SSSR count). The van der Waals surface area contributed by atoms with Crippen molar-refractivity contribution in [1.82, 2.24) is 10.2 Å². The van der Waals surface area contributed by atoms with Crippen molar-refractivity contribution in [2.24, 2.45) is 5.92 Å². The molecule has 1 fully saturated rings. The first kappa shape index (κ1) is 25.5. The van der Waals surface area contributed by atoms with Gasteiger partial charge in [-0.25, -0.2) is 9.18 Å². The van der Waals surface area contributed by atoms with Gasteiger partial charge in [0.05, 0.1) is 11.8 Å². The van der Waals surface area contributed by atoms with Crippen molar-refractivity contribution in [3.05, 3.63) is 58.9 Å². The molecule has 0 saturated carbocycles. The summed E-state index contributed by atoms with van der Waals surface area (Å²) in [7, 11) is 0. The lowest BCUT2D eigenvalue weighted by atomic mass is 9.89. The highest BCUT2D eigenvalue weighted by molar-refractivity contribution is 6.31. The van der Waals surface area contributed by atoms with E-state index in [4.69, 9.17) is 16.3 Å². The number of likely N-dealkylation sites (tertiary alicyclic amines) is 1. The van der Waals surface area contributed by atoms with Crippen LogP contribution in [-0.2, 0) is 4.79 Å². The Morgan fingerprint density at radius 2 is 1.85 bits per heavy atom. The third-order valence-electron chi connectivity index (χ3n) is 5.45. The number of hydrogen-bond donors (Lipinski definition) is 3. The number of ketones is 1. The lowest BCUT2D eigenvalue weighted by Crippen LogP contribution is -2.42. The van der Waals surface area contributed by atoms with Gasteiger partial charge in [0.2, 0.25) is 0 Å². The van der Waals surface area contributed by atoms with Crippen LogP contribution < -0.4 is 15.4 Å². The Kier molecular flexibility index (Phi) is 8.84. The minimum absolute atomic E-state index is 0.0471. The number of aliphatic hydroxyl groups is 1. The van der Waals surface area contributed by atoms with Gasteiger partial charge in [-0.2, -0.15) is 0 Å². The molecule has 0 spiro atoms. The molecule has 1 aliphatic heterocycles. The molecule has 2 aromatic rings. The minimum Gasteiger partial charge on any atom is -0.482 e. The molecule has 2 aromatic carbocycles. The summed E-state index contributed by atoms with van der Waals surface area (Å²) in [5.74, 6) is -0.633. The van der Waals surface area contributed by atoms with E-state index in [9.17, 15) is 23.9 Å². The second kappa shape index (κ2) is 11.8. The molecule has 0 aliphatic carbocycles. The summed E-state index contributed by atoms with van der Waals surface area (Å²) >= 11 is 6.01.